The smallest absolute Gasteiger partial charge is 0.270 e. The molecule has 132 valence electrons. The van der Waals surface area contributed by atoms with E-state index in [9.17, 15) is 14.9 Å². The highest BCUT2D eigenvalue weighted by molar-refractivity contribution is 5.86. The molecule has 0 heterocycles. The van der Waals surface area contributed by atoms with E-state index >= 15 is 0 Å². The van der Waals surface area contributed by atoms with Gasteiger partial charge in [-0.2, -0.15) is 5.10 Å². The maximum absolute atomic E-state index is 11.8. The highest BCUT2D eigenvalue weighted by Crippen LogP contribution is 2.22. The van der Waals surface area contributed by atoms with Crippen molar-refractivity contribution in [1.29, 1.82) is 0 Å². The van der Waals surface area contributed by atoms with E-state index in [0.717, 1.165) is 5.56 Å². The summed E-state index contributed by atoms with van der Waals surface area (Å²) < 4.78 is 5.32. The summed E-state index contributed by atoms with van der Waals surface area (Å²) in [6, 6.07) is 13.6. The van der Waals surface area contributed by atoms with E-state index in [0.29, 0.717) is 17.7 Å². The Bertz CT molecular complexity index is 842. The number of benzene rings is 2. The number of nitro groups is 1. The van der Waals surface area contributed by atoms with Crippen LogP contribution in [0.4, 0.5) is 5.69 Å². The van der Waals surface area contributed by atoms with Crippen molar-refractivity contribution in [2.75, 3.05) is 6.61 Å². The van der Waals surface area contributed by atoms with Crippen LogP contribution in [0.5, 0.6) is 5.75 Å². The lowest BCUT2D eigenvalue weighted by Crippen LogP contribution is -2.18. The van der Waals surface area contributed by atoms with E-state index in [-0.39, 0.29) is 24.6 Å². The van der Waals surface area contributed by atoms with E-state index < -0.39 is 4.92 Å². The maximum Gasteiger partial charge on any atom is 0.270 e. The first kappa shape index (κ1) is 18.7. The van der Waals surface area contributed by atoms with Crippen LogP contribution in [0.25, 0.3) is 0 Å². The Kier molecular flexibility index (Phi) is 6.89. The average Bonchev–Trinajstić information content (AvgIpc) is 2.66. The Morgan fingerprint density at radius 1 is 1.31 bits per heavy atom. The van der Waals surface area contributed by atoms with Crippen molar-refractivity contribution in [3.63, 3.8) is 0 Å². The molecule has 0 aliphatic carbocycles. The van der Waals surface area contributed by atoms with E-state index in [1.54, 1.807) is 0 Å². The van der Waals surface area contributed by atoms with E-state index in [1.807, 2.05) is 30.3 Å². The lowest BCUT2D eigenvalue weighted by Gasteiger charge is -2.06. The molecule has 0 fully saturated rings. The van der Waals surface area contributed by atoms with Gasteiger partial charge in [-0.05, 0) is 18.1 Å². The molecule has 0 bridgehead atoms. The molecular formula is C19H17N3O4. The summed E-state index contributed by atoms with van der Waals surface area (Å²) in [5.74, 6) is 2.40. The highest BCUT2D eigenvalue weighted by atomic mass is 16.6. The van der Waals surface area contributed by atoms with Gasteiger partial charge in [-0.3, -0.25) is 14.9 Å². The van der Waals surface area contributed by atoms with Crippen LogP contribution in [0.2, 0.25) is 0 Å². The van der Waals surface area contributed by atoms with Gasteiger partial charge in [-0.15, -0.1) is 6.42 Å². The largest absolute Gasteiger partial charge is 0.480 e. The fourth-order valence-electron chi connectivity index (χ4n) is 2.13. The Balaban J connectivity index is 1.99. The molecule has 0 saturated carbocycles. The van der Waals surface area contributed by atoms with Crippen LogP contribution in [0, 0.1) is 22.5 Å². The summed E-state index contributed by atoms with van der Waals surface area (Å²) in [6.45, 7) is 0.0160. The number of hydrazone groups is 1. The Hall–Kier alpha value is -3.66. The zero-order valence-corrected chi connectivity index (χ0v) is 13.9. The SMILES string of the molecule is C#CCOc1ccc([N+](=O)[O-])cc1/C=N/NC(=O)CCc1ccccc1. The third kappa shape index (κ3) is 5.76. The minimum atomic E-state index is -0.527. The predicted molar refractivity (Wildman–Crippen MR) is 97.9 cm³/mol. The molecule has 2 aromatic rings. The number of nitrogens with one attached hydrogen (secondary N) is 1. The first-order valence-corrected chi connectivity index (χ1v) is 7.80. The molecule has 0 aromatic heterocycles. The number of non-ortho nitro benzene ring substituents is 1. The number of amides is 1. The van der Waals surface area contributed by atoms with E-state index in [1.165, 1.54) is 24.4 Å². The number of nitrogens with zero attached hydrogens (tertiary/aromatic N) is 2. The first-order chi connectivity index (χ1) is 12.6. The molecule has 0 radical (unpaired) electrons. The summed E-state index contributed by atoms with van der Waals surface area (Å²) in [5, 5.41) is 14.7. The van der Waals surface area contributed by atoms with Crippen LogP contribution in [0.15, 0.2) is 53.6 Å². The van der Waals surface area contributed by atoms with Crippen LogP contribution in [-0.2, 0) is 11.2 Å². The second-order valence-electron chi connectivity index (χ2n) is 5.25. The lowest BCUT2D eigenvalue weighted by atomic mass is 10.1. The Labute approximate surface area is 150 Å². The minimum absolute atomic E-state index is 0.0160. The molecule has 0 atom stereocenters. The van der Waals surface area contributed by atoms with E-state index in [2.05, 4.69) is 16.4 Å². The molecule has 7 heteroatoms. The van der Waals surface area contributed by atoms with Crippen LogP contribution in [-0.4, -0.2) is 23.7 Å². The van der Waals surface area contributed by atoms with Crippen LogP contribution in [0.3, 0.4) is 0 Å². The van der Waals surface area contributed by atoms with Crippen molar-refractivity contribution >= 4 is 17.8 Å². The molecule has 0 aliphatic heterocycles. The number of aryl methyl sites for hydroxylation is 1. The zero-order valence-electron chi connectivity index (χ0n) is 13.9. The Morgan fingerprint density at radius 2 is 2.08 bits per heavy atom. The molecular weight excluding hydrogens is 334 g/mol. The molecule has 7 nitrogen and oxygen atoms in total. The molecule has 0 unspecified atom stereocenters. The normalized spacial score (nSPS) is 10.3. The van der Waals surface area contributed by atoms with Gasteiger partial charge in [-0.25, -0.2) is 5.43 Å². The van der Waals surface area contributed by atoms with E-state index in [4.69, 9.17) is 11.2 Å². The topological polar surface area (TPSA) is 93.8 Å². The Morgan fingerprint density at radius 3 is 2.77 bits per heavy atom. The van der Waals surface area contributed by atoms with Gasteiger partial charge in [0.15, 0.2) is 0 Å². The monoisotopic (exact) mass is 351 g/mol. The zero-order chi connectivity index (χ0) is 18.8. The summed E-state index contributed by atoms with van der Waals surface area (Å²) in [4.78, 5) is 22.2. The molecule has 2 rings (SSSR count). The molecule has 0 saturated heterocycles. The molecule has 1 N–H and O–H groups in total. The number of nitro benzene ring substituents is 1. The molecule has 1 amide bonds. The summed E-state index contributed by atoms with van der Waals surface area (Å²) in [7, 11) is 0. The highest BCUT2D eigenvalue weighted by Gasteiger charge is 2.10. The summed E-state index contributed by atoms with van der Waals surface area (Å²) in [6.07, 6.45) is 7.31. The molecule has 0 spiro atoms. The third-order valence-corrected chi connectivity index (χ3v) is 3.39. The number of hydrogen-bond acceptors (Lipinski definition) is 5. The number of ether oxygens (including phenoxy) is 1. The second kappa shape index (κ2) is 9.59. The second-order valence-corrected chi connectivity index (χ2v) is 5.25. The van der Waals surface area contributed by atoms with Gasteiger partial charge >= 0.3 is 0 Å². The number of hydrogen-bond donors (Lipinski definition) is 1. The fourth-order valence-corrected chi connectivity index (χ4v) is 2.13. The number of terminal acetylenes is 1. The van der Waals surface area contributed by atoms with Gasteiger partial charge in [0.05, 0.1) is 11.1 Å². The summed E-state index contributed by atoms with van der Waals surface area (Å²) >= 11 is 0. The van der Waals surface area contributed by atoms with Crippen molar-refractivity contribution in [3.8, 4) is 18.1 Å². The average molecular weight is 351 g/mol. The number of carbonyl (C=O) groups excluding carboxylic acids is 1. The fraction of sp³-hybridized carbons (Fsp3) is 0.158. The van der Waals surface area contributed by atoms with Gasteiger partial charge in [-0.1, -0.05) is 36.3 Å². The van der Waals surface area contributed by atoms with Crippen molar-refractivity contribution in [3.05, 3.63) is 69.8 Å². The van der Waals surface area contributed by atoms with Crippen LogP contribution >= 0.6 is 0 Å². The van der Waals surface area contributed by atoms with Crippen molar-refractivity contribution < 1.29 is 14.5 Å². The standard InChI is InChI=1S/C19H17N3O4/c1-2-12-26-18-10-9-17(22(24)25)13-16(18)14-20-21-19(23)11-8-15-6-4-3-5-7-15/h1,3-7,9-10,13-14H,8,11-12H2,(H,21,23)/b20-14+. The maximum atomic E-state index is 11.8. The van der Waals surface area contributed by atoms with Crippen molar-refractivity contribution in [2.24, 2.45) is 5.10 Å². The van der Waals surface area contributed by atoms with Crippen molar-refractivity contribution in [1.82, 2.24) is 5.43 Å². The van der Waals surface area contributed by atoms with Gasteiger partial charge < -0.3 is 4.74 Å². The van der Waals surface area contributed by atoms with Gasteiger partial charge in [0, 0.05) is 24.1 Å². The number of carbonyl (C=O) groups is 1. The van der Waals surface area contributed by atoms with Gasteiger partial charge in [0.2, 0.25) is 5.91 Å². The minimum Gasteiger partial charge on any atom is -0.480 e. The van der Waals surface area contributed by atoms with Crippen molar-refractivity contribution in [2.45, 2.75) is 12.8 Å². The van der Waals surface area contributed by atoms with Gasteiger partial charge in [0.1, 0.15) is 12.4 Å². The van der Waals surface area contributed by atoms with Gasteiger partial charge in [0.25, 0.3) is 5.69 Å². The molecule has 0 aliphatic rings. The first-order valence-electron chi connectivity index (χ1n) is 7.80. The number of rotatable bonds is 8. The third-order valence-electron chi connectivity index (χ3n) is 3.39. The molecule has 26 heavy (non-hydrogen) atoms. The summed E-state index contributed by atoms with van der Waals surface area (Å²) in [5.41, 5.74) is 3.68. The van der Waals surface area contributed by atoms with Crippen LogP contribution < -0.4 is 10.2 Å². The quantitative estimate of drug-likeness (QED) is 0.342. The predicted octanol–water partition coefficient (Wildman–Crippen LogP) is 2.69. The molecule has 2 aromatic carbocycles. The lowest BCUT2D eigenvalue weighted by molar-refractivity contribution is -0.384. The van der Waals surface area contributed by atoms with Crippen LogP contribution in [0.1, 0.15) is 17.5 Å².